The third-order valence-corrected chi connectivity index (χ3v) is 4.89. The van der Waals surface area contributed by atoms with E-state index >= 15 is 0 Å². The molecule has 0 N–H and O–H groups in total. The van der Waals surface area contributed by atoms with Gasteiger partial charge in [-0.1, -0.05) is 42.5 Å². The summed E-state index contributed by atoms with van der Waals surface area (Å²) in [6, 6.07) is 17.3. The molecule has 0 radical (unpaired) electrons. The van der Waals surface area contributed by atoms with Gasteiger partial charge in [0.2, 0.25) is 11.3 Å². The van der Waals surface area contributed by atoms with Crippen molar-refractivity contribution in [2.24, 2.45) is 0 Å². The maximum Gasteiger partial charge on any atom is 0.224 e. The monoisotopic (exact) mass is 363 g/mol. The van der Waals surface area contributed by atoms with E-state index < -0.39 is 0 Å². The molecule has 2 heterocycles. The minimum Gasteiger partial charge on any atom is -0.370 e. The first kappa shape index (κ1) is 17.4. The molecule has 1 aromatic heterocycles. The molecule has 1 saturated heterocycles. The smallest absolute Gasteiger partial charge is 0.224 e. The van der Waals surface area contributed by atoms with Crippen molar-refractivity contribution in [3.05, 3.63) is 76.6 Å². The average Bonchev–Trinajstić information content (AvgIpc) is 2.74. The largest absolute Gasteiger partial charge is 0.370 e. The van der Waals surface area contributed by atoms with Crippen LogP contribution in [0.15, 0.2) is 65.6 Å². The molecular formula is C21H21N3O3. The summed E-state index contributed by atoms with van der Waals surface area (Å²) >= 11 is 0. The van der Waals surface area contributed by atoms with Crippen molar-refractivity contribution >= 4 is 16.8 Å². The second-order valence-corrected chi connectivity index (χ2v) is 6.61. The first-order valence-electron chi connectivity index (χ1n) is 9.11. The third kappa shape index (κ3) is 3.75. The maximum absolute atomic E-state index is 12.7. The molecule has 1 atom stereocenters. The topological polar surface area (TPSA) is 64.4 Å². The number of amides is 1. The molecule has 1 fully saturated rings. The summed E-state index contributed by atoms with van der Waals surface area (Å²) in [5.41, 5.74) is 1.73. The molecule has 3 aromatic rings. The zero-order valence-corrected chi connectivity index (χ0v) is 15.0. The molecule has 27 heavy (non-hydrogen) atoms. The second-order valence-electron chi connectivity index (χ2n) is 6.61. The SMILES string of the molecule is O=C(CCn1ncc(=O)c2ccccc21)N1CCOC(c2ccccc2)C1. The van der Waals surface area contributed by atoms with Crippen molar-refractivity contribution in [3.8, 4) is 0 Å². The number of nitrogens with zero attached hydrogens (tertiary/aromatic N) is 3. The maximum atomic E-state index is 12.7. The van der Waals surface area contributed by atoms with Crippen LogP contribution in [0.2, 0.25) is 0 Å². The van der Waals surface area contributed by atoms with Gasteiger partial charge in [-0.3, -0.25) is 14.3 Å². The number of ether oxygens (including phenoxy) is 1. The zero-order chi connectivity index (χ0) is 18.6. The number of fused-ring (bicyclic) bond motifs is 1. The van der Waals surface area contributed by atoms with Crippen LogP contribution in [0, 0.1) is 0 Å². The predicted molar refractivity (Wildman–Crippen MR) is 102 cm³/mol. The molecule has 6 nitrogen and oxygen atoms in total. The molecule has 0 spiro atoms. The minimum absolute atomic E-state index is 0.0730. The molecule has 1 amide bonds. The number of hydrogen-bond acceptors (Lipinski definition) is 4. The van der Waals surface area contributed by atoms with Crippen LogP contribution in [0.5, 0.6) is 0 Å². The van der Waals surface area contributed by atoms with Gasteiger partial charge < -0.3 is 9.64 Å². The van der Waals surface area contributed by atoms with Gasteiger partial charge in [0.25, 0.3) is 0 Å². The lowest BCUT2D eigenvalue weighted by atomic mass is 10.1. The predicted octanol–water partition coefficient (Wildman–Crippen LogP) is 2.39. The zero-order valence-electron chi connectivity index (χ0n) is 15.0. The number of rotatable bonds is 4. The number of aromatic nitrogens is 2. The van der Waals surface area contributed by atoms with Crippen molar-refractivity contribution < 1.29 is 9.53 Å². The molecular weight excluding hydrogens is 342 g/mol. The summed E-state index contributed by atoms with van der Waals surface area (Å²) in [7, 11) is 0. The first-order chi connectivity index (χ1) is 13.2. The molecule has 1 unspecified atom stereocenters. The van der Waals surface area contributed by atoms with Crippen molar-refractivity contribution in [1.82, 2.24) is 14.7 Å². The van der Waals surface area contributed by atoms with Gasteiger partial charge in [0, 0.05) is 18.4 Å². The fourth-order valence-electron chi connectivity index (χ4n) is 3.44. The quantitative estimate of drug-likeness (QED) is 0.714. The summed E-state index contributed by atoms with van der Waals surface area (Å²) in [5, 5.41) is 4.82. The first-order valence-corrected chi connectivity index (χ1v) is 9.11. The molecule has 4 rings (SSSR count). The molecule has 0 aliphatic carbocycles. The molecule has 138 valence electrons. The summed E-state index contributed by atoms with van der Waals surface area (Å²) in [5.74, 6) is 0.0730. The standard InChI is InChI=1S/C21H21N3O3/c25-19-14-22-24(18-9-5-4-8-17(18)19)11-10-21(26)23-12-13-27-20(15-23)16-6-2-1-3-7-16/h1-9,14,20H,10-13,15H2. The molecule has 1 aliphatic rings. The van der Waals surface area contributed by atoms with E-state index in [-0.39, 0.29) is 17.4 Å². The van der Waals surface area contributed by atoms with Crippen molar-refractivity contribution in [2.75, 3.05) is 19.7 Å². The Bertz CT molecular complexity index is 1000. The number of morpholine rings is 1. The molecule has 1 aliphatic heterocycles. The van der Waals surface area contributed by atoms with Gasteiger partial charge in [-0.25, -0.2) is 0 Å². The highest BCUT2D eigenvalue weighted by atomic mass is 16.5. The van der Waals surface area contributed by atoms with Crippen LogP contribution in [0.4, 0.5) is 0 Å². The van der Waals surface area contributed by atoms with E-state index in [0.29, 0.717) is 38.0 Å². The van der Waals surface area contributed by atoms with Crippen molar-refractivity contribution in [1.29, 1.82) is 0 Å². The molecule has 0 saturated carbocycles. The fraction of sp³-hybridized carbons (Fsp3) is 0.286. The summed E-state index contributed by atoms with van der Waals surface area (Å²) in [4.78, 5) is 26.5. The number of para-hydroxylation sites is 1. The van der Waals surface area contributed by atoms with E-state index in [1.54, 1.807) is 10.7 Å². The summed E-state index contributed by atoms with van der Waals surface area (Å²) in [6.07, 6.45) is 1.56. The Kier molecular flexibility index (Phi) is 4.98. The fourth-order valence-corrected chi connectivity index (χ4v) is 3.44. The number of benzene rings is 2. The highest BCUT2D eigenvalue weighted by Crippen LogP contribution is 2.22. The number of hydrogen-bond donors (Lipinski definition) is 0. The van der Waals surface area contributed by atoms with E-state index in [0.717, 1.165) is 11.1 Å². The van der Waals surface area contributed by atoms with Crippen LogP contribution in [0.1, 0.15) is 18.1 Å². The van der Waals surface area contributed by atoms with Crippen LogP contribution in [0.3, 0.4) is 0 Å². The Labute approximate surface area is 157 Å². The molecule has 6 heteroatoms. The number of carbonyl (C=O) groups excluding carboxylic acids is 1. The Morgan fingerprint density at radius 1 is 1.11 bits per heavy atom. The van der Waals surface area contributed by atoms with E-state index in [1.807, 2.05) is 53.4 Å². The van der Waals surface area contributed by atoms with Gasteiger partial charge in [0.1, 0.15) is 6.10 Å². The Morgan fingerprint density at radius 2 is 1.89 bits per heavy atom. The highest BCUT2D eigenvalue weighted by molar-refractivity contribution is 5.79. The van der Waals surface area contributed by atoms with Gasteiger partial charge in [-0.05, 0) is 17.7 Å². The van der Waals surface area contributed by atoms with Crippen molar-refractivity contribution in [3.63, 3.8) is 0 Å². The van der Waals surface area contributed by atoms with Crippen LogP contribution in [-0.4, -0.2) is 40.3 Å². The van der Waals surface area contributed by atoms with Crippen LogP contribution < -0.4 is 5.43 Å². The van der Waals surface area contributed by atoms with Gasteiger partial charge in [0.05, 0.1) is 31.4 Å². The number of carbonyl (C=O) groups is 1. The van der Waals surface area contributed by atoms with Crippen LogP contribution in [0.25, 0.3) is 10.9 Å². The lowest BCUT2D eigenvalue weighted by Gasteiger charge is -2.33. The Hall–Kier alpha value is -2.99. The molecule has 2 aromatic carbocycles. The van der Waals surface area contributed by atoms with Crippen molar-refractivity contribution in [2.45, 2.75) is 19.1 Å². The van der Waals surface area contributed by atoms with Crippen LogP contribution >= 0.6 is 0 Å². The lowest BCUT2D eigenvalue weighted by molar-refractivity contribution is -0.139. The lowest BCUT2D eigenvalue weighted by Crippen LogP contribution is -2.42. The normalized spacial score (nSPS) is 17.2. The van der Waals surface area contributed by atoms with Gasteiger partial charge in [-0.2, -0.15) is 5.10 Å². The van der Waals surface area contributed by atoms with E-state index in [9.17, 15) is 9.59 Å². The second kappa shape index (κ2) is 7.72. The van der Waals surface area contributed by atoms with Crippen LogP contribution in [-0.2, 0) is 16.1 Å². The van der Waals surface area contributed by atoms with E-state index in [2.05, 4.69) is 5.10 Å². The van der Waals surface area contributed by atoms with Gasteiger partial charge in [-0.15, -0.1) is 0 Å². The van der Waals surface area contributed by atoms with E-state index in [1.165, 1.54) is 6.20 Å². The number of aryl methyl sites for hydroxylation is 1. The van der Waals surface area contributed by atoms with E-state index in [4.69, 9.17) is 4.74 Å². The minimum atomic E-state index is -0.105. The summed E-state index contributed by atoms with van der Waals surface area (Å²) < 4.78 is 7.56. The Balaban J connectivity index is 1.44. The Morgan fingerprint density at radius 3 is 2.74 bits per heavy atom. The van der Waals surface area contributed by atoms with Gasteiger partial charge in [0.15, 0.2) is 0 Å². The third-order valence-electron chi connectivity index (χ3n) is 4.89. The molecule has 0 bridgehead atoms. The average molecular weight is 363 g/mol. The van der Waals surface area contributed by atoms with Gasteiger partial charge >= 0.3 is 0 Å². The summed E-state index contributed by atoms with van der Waals surface area (Å²) in [6.45, 7) is 2.12. The highest BCUT2D eigenvalue weighted by Gasteiger charge is 2.25.